The molecule has 1 aliphatic rings. The maximum Gasteiger partial charge on any atom is 0.325 e. The molecular weight excluding hydrogens is 416 g/mol. The molecule has 0 bridgehead atoms. The van der Waals surface area contributed by atoms with E-state index in [9.17, 15) is 14.4 Å². The number of para-hydroxylation sites is 1. The molecule has 0 aromatic heterocycles. The van der Waals surface area contributed by atoms with Crippen molar-refractivity contribution in [3.05, 3.63) is 53.6 Å². The van der Waals surface area contributed by atoms with E-state index in [4.69, 9.17) is 18.9 Å². The zero-order chi connectivity index (χ0) is 22.8. The predicted molar refractivity (Wildman–Crippen MR) is 115 cm³/mol. The van der Waals surface area contributed by atoms with Crippen LogP contribution in [0.4, 0.5) is 0 Å². The zero-order valence-electron chi connectivity index (χ0n) is 17.8. The lowest BCUT2D eigenvalue weighted by molar-refractivity contribution is -0.147. The molecule has 9 heteroatoms. The van der Waals surface area contributed by atoms with E-state index in [0.29, 0.717) is 55.6 Å². The lowest BCUT2D eigenvalue weighted by Gasteiger charge is -2.18. The van der Waals surface area contributed by atoms with Crippen molar-refractivity contribution in [2.24, 2.45) is 0 Å². The Kier molecular flexibility index (Phi) is 8.30. The number of hydrogen-bond donors (Lipinski definition) is 2. The van der Waals surface area contributed by atoms with Crippen molar-refractivity contribution in [3.63, 3.8) is 0 Å². The highest BCUT2D eigenvalue weighted by atomic mass is 16.6. The Morgan fingerprint density at radius 2 is 1.78 bits per heavy atom. The van der Waals surface area contributed by atoms with Crippen molar-refractivity contribution in [3.8, 4) is 17.2 Å². The number of esters is 1. The molecule has 0 unspecified atom stereocenters. The van der Waals surface area contributed by atoms with Gasteiger partial charge < -0.3 is 29.6 Å². The summed E-state index contributed by atoms with van der Waals surface area (Å²) in [4.78, 5) is 36.0. The first kappa shape index (κ1) is 22.9. The first-order chi connectivity index (χ1) is 15.6. The molecule has 0 aliphatic carbocycles. The third kappa shape index (κ3) is 6.63. The molecule has 0 saturated heterocycles. The summed E-state index contributed by atoms with van der Waals surface area (Å²) in [7, 11) is 0. The van der Waals surface area contributed by atoms with Crippen LogP contribution in [-0.2, 0) is 20.7 Å². The number of rotatable bonds is 10. The summed E-state index contributed by atoms with van der Waals surface area (Å²) >= 11 is 0. The number of nitrogens with one attached hydrogen (secondary N) is 2. The van der Waals surface area contributed by atoms with E-state index in [1.807, 2.05) is 25.1 Å². The third-order valence-corrected chi connectivity index (χ3v) is 4.53. The Morgan fingerprint density at radius 1 is 1.00 bits per heavy atom. The molecule has 2 N–H and O–H groups in total. The fourth-order valence-corrected chi connectivity index (χ4v) is 3.02. The number of carbonyl (C=O) groups is 3. The summed E-state index contributed by atoms with van der Waals surface area (Å²) < 4.78 is 21.3. The van der Waals surface area contributed by atoms with Crippen molar-refractivity contribution in [2.75, 3.05) is 39.5 Å². The summed E-state index contributed by atoms with van der Waals surface area (Å²) in [5.41, 5.74) is 1.31. The smallest absolute Gasteiger partial charge is 0.325 e. The molecule has 0 spiro atoms. The maximum atomic E-state index is 12.3. The number of benzene rings is 2. The average Bonchev–Trinajstić information content (AvgIpc) is 2.81. The molecule has 1 heterocycles. The van der Waals surface area contributed by atoms with Crippen molar-refractivity contribution >= 4 is 17.8 Å². The van der Waals surface area contributed by atoms with Crippen LogP contribution < -0.4 is 24.8 Å². The summed E-state index contributed by atoms with van der Waals surface area (Å²) in [6, 6.07) is 12.4. The van der Waals surface area contributed by atoms with Crippen LogP contribution in [0.2, 0.25) is 0 Å². The van der Waals surface area contributed by atoms with Gasteiger partial charge in [-0.05, 0) is 43.2 Å². The van der Waals surface area contributed by atoms with E-state index >= 15 is 0 Å². The SMILES string of the molecule is CCOc1ccccc1C(=O)NCC(=O)OCC(=O)NCCc1ccc2c(c1)OCCO2. The molecule has 0 fully saturated rings. The standard InChI is InChI=1S/C23H26N2O7/c1-2-29-18-6-4-3-5-17(18)23(28)25-14-22(27)32-15-21(26)24-10-9-16-7-8-19-20(13-16)31-12-11-30-19/h3-8,13H,2,9-12,14-15H2,1H3,(H,24,26)(H,25,28). The first-order valence-corrected chi connectivity index (χ1v) is 10.4. The molecule has 0 saturated carbocycles. The second kappa shape index (κ2) is 11.6. The van der Waals surface area contributed by atoms with Gasteiger partial charge in [-0.1, -0.05) is 18.2 Å². The van der Waals surface area contributed by atoms with Crippen molar-refractivity contribution in [1.82, 2.24) is 10.6 Å². The Bertz CT molecular complexity index is 961. The van der Waals surface area contributed by atoms with Crippen LogP contribution in [0.25, 0.3) is 0 Å². The van der Waals surface area contributed by atoms with Crippen LogP contribution in [-0.4, -0.2) is 57.3 Å². The van der Waals surface area contributed by atoms with E-state index in [0.717, 1.165) is 5.56 Å². The number of amides is 2. The molecule has 32 heavy (non-hydrogen) atoms. The van der Waals surface area contributed by atoms with Crippen LogP contribution >= 0.6 is 0 Å². The van der Waals surface area contributed by atoms with Crippen molar-refractivity contribution in [1.29, 1.82) is 0 Å². The lowest BCUT2D eigenvalue weighted by atomic mass is 10.1. The lowest BCUT2D eigenvalue weighted by Crippen LogP contribution is -2.34. The van der Waals surface area contributed by atoms with Crippen LogP contribution in [0.15, 0.2) is 42.5 Å². The van der Waals surface area contributed by atoms with Crippen LogP contribution in [0.1, 0.15) is 22.8 Å². The summed E-state index contributed by atoms with van der Waals surface area (Å²) in [6.07, 6.45) is 0.589. The minimum absolute atomic E-state index is 0.319. The first-order valence-electron chi connectivity index (χ1n) is 10.4. The number of fused-ring (bicyclic) bond motifs is 1. The topological polar surface area (TPSA) is 112 Å². The van der Waals surface area contributed by atoms with E-state index in [-0.39, 0.29) is 6.54 Å². The fraction of sp³-hybridized carbons (Fsp3) is 0.348. The van der Waals surface area contributed by atoms with Gasteiger partial charge in [-0.25, -0.2) is 0 Å². The predicted octanol–water partition coefficient (Wildman–Crippen LogP) is 1.49. The molecule has 0 radical (unpaired) electrons. The van der Waals surface area contributed by atoms with Gasteiger partial charge in [0, 0.05) is 6.54 Å². The highest BCUT2D eigenvalue weighted by molar-refractivity contribution is 5.98. The molecule has 170 valence electrons. The summed E-state index contributed by atoms with van der Waals surface area (Å²) in [5.74, 6) is 0.232. The minimum atomic E-state index is -0.714. The van der Waals surface area contributed by atoms with E-state index in [1.165, 1.54) is 0 Å². The Labute approximate surface area is 186 Å². The summed E-state index contributed by atoms with van der Waals surface area (Å²) in [5, 5.41) is 5.15. The van der Waals surface area contributed by atoms with Gasteiger partial charge in [0.05, 0.1) is 12.2 Å². The van der Waals surface area contributed by atoms with E-state index in [2.05, 4.69) is 10.6 Å². The number of hydrogen-bond acceptors (Lipinski definition) is 7. The van der Waals surface area contributed by atoms with Gasteiger partial charge in [0.1, 0.15) is 25.5 Å². The normalized spacial score (nSPS) is 11.9. The van der Waals surface area contributed by atoms with Crippen molar-refractivity contribution < 1.29 is 33.3 Å². The highest BCUT2D eigenvalue weighted by Crippen LogP contribution is 2.30. The molecule has 2 aromatic carbocycles. The Balaban J connectivity index is 1.34. The van der Waals surface area contributed by atoms with E-state index in [1.54, 1.807) is 24.3 Å². The largest absolute Gasteiger partial charge is 0.493 e. The quantitative estimate of drug-likeness (QED) is 0.536. The van der Waals surface area contributed by atoms with Crippen LogP contribution in [0, 0.1) is 0 Å². The van der Waals surface area contributed by atoms with Gasteiger partial charge in [-0.2, -0.15) is 0 Å². The van der Waals surface area contributed by atoms with Gasteiger partial charge in [0.25, 0.3) is 11.8 Å². The molecule has 9 nitrogen and oxygen atoms in total. The van der Waals surface area contributed by atoms with Gasteiger partial charge in [-0.3, -0.25) is 14.4 Å². The Hall–Kier alpha value is -3.75. The maximum absolute atomic E-state index is 12.3. The second-order valence-electron chi connectivity index (χ2n) is 6.85. The van der Waals surface area contributed by atoms with E-state index < -0.39 is 24.4 Å². The van der Waals surface area contributed by atoms with Gasteiger partial charge >= 0.3 is 5.97 Å². The monoisotopic (exact) mass is 442 g/mol. The Morgan fingerprint density at radius 3 is 2.59 bits per heavy atom. The molecule has 2 aromatic rings. The highest BCUT2D eigenvalue weighted by Gasteiger charge is 2.15. The van der Waals surface area contributed by atoms with Crippen molar-refractivity contribution in [2.45, 2.75) is 13.3 Å². The number of ether oxygens (including phenoxy) is 4. The minimum Gasteiger partial charge on any atom is -0.493 e. The van der Waals surface area contributed by atoms with Crippen LogP contribution in [0.5, 0.6) is 17.2 Å². The molecule has 2 amide bonds. The fourth-order valence-electron chi connectivity index (χ4n) is 3.02. The molecule has 3 rings (SSSR count). The molecular formula is C23H26N2O7. The molecule has 0 atom stereocenters. The van der Waals surface area contributed by atoms with Crippen LogP contribution in [0.3, 0.4) is 0 Å². The zero-order valence-corrected chi connectivity index (χ0v) is 17.8. The number of carbonyl (C=O) groups excluding carboxylic acids is 3. The summed E-state index contributed by atoms with van der Waals surface area (Å²) in [6.45, 7) is 2.86. The second-order valence-corrected chi connectivity index (χ2v) is 6.85. The third-order valence-electron chi connectivity index (χ3n) is 4.53. The van der Waals surface area contributed by atoms with Gasteiger partial charge in [0.2, 0.25) is 0 Å². The van der Waals surface area contributed by atoms with Gasteiger partial charge in [-0.15, -0.1) is 0 Å². The van der Waals surface area contributed by atoms with Gasteiger partial charge in [0.15, 0.2) is 18.1 Å². The average molecular weight is 442 g/mol. The molecule has 1 aliphatic heterocycles.